The lowest BCUT2D eigenvalue weighted by atomic mass is 10.2. The van der Waals surface area contributed by atoms with Crippen LogP contribution >= 0.6 is 0 Å². The van der Waals surface area contributed by atoms with E-state index in [0.29, 0.717) is 0 Å². The monoisotopic (exact) mass is 172 g/mol. The predicted molar refractivity (Wildman–Crippen MR) is 43.8 cm³/mol. The molecule has 4 nitrogen and oxygen atoms in total. The number of nitriles is 2. The summed E-state index contributed by atoms with van der Waals surface area (Å²) in [4.78, 5) is 11.2. The van der Waals surface area contributed by atoms with Crippen LogP contribution in [0.5, 0.6) is 5.75 Å². The summed E-state index contributed by atoms with van der Waals surface area (Å²) < 4.78 is 0. The van der Waals surface area contributed by atoms with Gasteiger partial charge in [-0.25, -0.2) is 0 Å². The SMILES string of the molecule is N#Cc1cccc(C#N)c(=O)c1O. The van der Waals surface area contributed by atoms with E-state index in [2.05, 4.69) is 0 Å². The van der Waals surface area contributed by atoms with Gasteiger partial charge in [0.25, 0.3) is 0 Å². The summed E-state index contributed by atoms with van der Waals surface area (Å²) in [6.45, 7) is 0. The van der Waals surface area contributed by atoms with Gasteiger partial charge in [-0.05, 0) is 12.1 Å². The second kappa shape index (κ2) is 3.38. The van der Waals surface area contributed by atoms with Crippen LogP contribution in [0.4, 0.5) is 0 Å². The molecule has 0 bridgehead atoms. The van der Waals surface area contributed by atoms with Crippen molar-refractivity contribution in [2.75, 3.05) is 0 Å². The van der Waals surface area contributed by atoms with Gasteiger partial charge in [0.2, 0.25) is 5.43 Å². The van der Waals surface area contributed by atoms with Gasteiger partial charge in [0.1, 0.15) is 17.7 Å². The quantitative estimate of drug-likeness (QED) is 0.617. The van der Waals surface area contributed by atoms with E-state index in [-0.39, 0.29) is 11.1 Å². The highest BCUT2D eigenvalue weighted by Crippen LogP contribution is 2.08. The molecule has 0 radical (unpaired) electrons. The summed E-state index contributed by atoms with van der Waals surface area (Å²) in [6.07, 6.45) is 0. The van der Waals surface area contributed by atoms with E-state index in [1.165, 1.54) is 18.2 Å². The zero-order chi connectivity index (χ0) is 9.84. The van der Waals surface area contributed by atoms with Gasteiger partial charge in [-0.3, -0.25) is 4.79 Å². The topological polar surface area (TPSA) is 84.9 Å². The lowest BCUT2D eigenvalue weighted by Crippen LogP contribution is -2.01. The van der Waals surface area contributed by atoms with Gasteiger partial charge in [0.15, 0.2) is 5.75 Å². The molecule has 0 aliphatic rings. The van der Waals surface area contributed by atoms with Crippen LogP contribution in [0.1, 0.15) is 11.1 Å². The van der Waals surface area contributed by atoms with Crippen molar-refractivity contribution in [1.29, 1.82) is 10.5 Å². The van der Waals surface area contributed by atoms with Gasteiger partial charge in [-0.15, -0.1) is 0 Å². The molecule has 0 fully saturated rings. The third-order valence-corrected chi connectivity index (χ3v) is 1.48. The second-order valence-corrected chi connectivity index (χ2v) is 2.25. The summed E-state index contributed by atoms with van der Waals surface area (Å²) in [5, 5.41) is 26.1. The lowest BCUT2D eigenvalue weighted by molar-refractivity contribution is 0.469. The average Bonchev–Trinajstić information content (AvgIpc) is 2.28. The first-order chi connectivity index (χ1) is 6.20. The van der Waals surface area contributed by atoms with E-state index < -0.39 is 11.2 Å². The molecule has 0 saturated heterocycles. The molecular weight excluding hydrogens is 168 g/mol. The van der Waals surface area contributed by atoms with Gasteiger partial charge in [0, 0.05) is 0 Å². The Balaban J connectivity index is 3.71. The van der Waals surface area contributed by atoms with E-state index in [1.807, 2.05) is 0 Å². The van der Waals surface area contributed by atoms with Crippen LogP contribution in [0.2, 0.25) is 0 Å². The van der Waals surface area contributed by atoms with Crippen molar-refractivity contribution in [2.24, 2.45) is 0 Å². The summed E-state index contributed by atoms with van der Waals surface area (Å²) in [5.41, 5.74) is -1.13. The highest BCUT2D eigenvalue weighted by Gasteiger charge is 2.05. The maximum Gasteiger partial charge on any atom is 0.239 e. The molecule has 4 heteroatoms. The fourth-order valence-corrected chi connectivity index (χ4v) is 0.823. The standard InChI is InChI=1S/C9H4N2O2/c10-4-6-2-1-3-7(5-11)9(13)8(6)12/h1-3H,(H,12,13). The predicted octanol–water partition coefficient (Wildman–Crippen LogP) is 0.496. The zero-order valence-electron chi connectivity index (χ0n) is 6.48. The van der Waals surface area contributed by atoms with Crippen LogP contribution in [-0.4, -0.2) is 5.11 Å². The van der Waals surface area contributed by atoms with E-state index >= 15 is 0 Å². The average molecular weight is 172 g/mol. The van der Waals surface area contributed by atoms with Gasteiger partial charge >= 0.3 is 0 Å². The number of rotatable bonds is 0. The molecule has 0 aliphatic carbocycles. The first-order valence-corrected chi connectivity index (χ1v) is 3.37. The molecule has 0 spiro atoms. The van der Waals surface area contributed by atoms with E-state index in [1.54, 1.807) is 12.1 Å². The van der Waals surface area contributed by atoms with Crippen molar-refractivity contribution in [2.45, 2.75) is 0 Å². The molecule has 0 unspecified atom stereocenters. The normalized spacial score (nSPS) is 8.46. The van der Waals surface area contributed by atoms with Crippen LogP contribution in [0.3, 0.4) is 0 Å². The number of hydrogen-bond donors (Lipinski definition) is 1. The van der Waals surface area contributed by atoms with E-state index in [4.69, 9.17) is 10.5 Å². The van der Waals surface area contributed by atoms with Gasteiger partial charge in [0.05, 0.1) is 5.56 Å². The molecule has 0 atom stereocenters. The summed E-state index contributed by atoms with van der Waals surface area (Å²) >= 11 is 0. The fraction of sp³-hybridized carbons (Fsp3) is 0. The van der Waals surface area contributed by atoms with E-state index in [0.717, 1.165) is 0 Å². The summed E-state index contributed by atoms with van der Waals surface area (Å²) in [6, 6.07) is 7.17. The minimum atomic E-state index is -0.816. The number of nitrogens with zero attached hydrogens (tertiary/aromatic N) is 2. The highest BCUT2D eigenvalue weighted by atomic mass is 16.3. The third-order valence-electron chi connectivity index (χ3n) is 1.48. The third kappa shape index (κ3) is 1.47. The molecule has 0 aliphatic heterocycles. The molecule has 0 amide bonds. The molecule has 0 saturated carbocycles. The lowest BCUT2D eigenvalue weighted by Gasteiger charge is -1.84. The van der Waals surface area contributed by atoms with Crippen LogP contribution in [0.25, 0.3) is 0 Å². The molecule has 13 heavy (non-hydrogen) atoms. The number of aromatic hydroxyl groups is 1. The van der Waals surface area contributed by atoms with Crippen LogP contribution in [0, 0.1) is 22.7 Å². The Labute approximate surface area is 73.9 Å². The van der Waals surface area contributed by atoms with Crippen LogP contribution < -0.4 is 5.43 Å². The molecule has 62 valence electrons. The second-order valence-electron chi connectivity index (χ2n) is 2.25. The maximum atomic E-state index is 11.2. The van der Waals surface area contributed by atoms with Crippen molar-refractivity contribution in [3.63, 3.8) is 0 Å². The molecule has 1 N–H and O–H groups in total. The molecule has 1 rings (SSSR count). The molecule has 0 heterocycles. The first-order valence-electron chi connectivity index (χ1n) is 3.37. The molecule has 1 aromatic rings. The largest absolute Gasteiger partial charge is 0.503 e. The molecule has 1 aromatic carbocycles. The van der Waals surface area contributed by atoms with Crippen molar-refractivity contribution in [3.05, 3.63) is 39.5 Å². The van der Waals surface area contributed by atoms with Crippen LogP contribution in [0.15, 0.2) is 23.0 Å². The minimum absolute atomic E-state index is 0.133. The zero-order valence-corrected chi connectivity index (χ0v) is 6.48. The highest BCUT2D eigenvalue weighted by molar-refractivity contribution is 5.45. The Bertz CT molecular complexity index is 480. The Kier molecular flexibility index (Phi) is 2.28. The smallest absolute Gasteiger partial charge is 0.239 e. The molecular formula is C9H4N2O2. The van der Waals surface area contributed by atoms with Crippen molar-refractivity contribution >= 4 is 0 Å². The first kappa shape index (κ1) is 8.76. The maximum absolute atomic E-state index is 11.2. The summed E-state index contributed by atoms with van der Waals surface area (Å²) in [7, 11) is 0. The van der Waals surface area contributed by atoms with E-state index in [9.17, 15) is 9.90 Å². The van der Waals surface area contributed by atoms with Crippen molar-refractivity contribution < 1.29 is 5.11 Å². The number of hydrogen-bond acceptors (Lipinski definition) is 4. The Morgan fingerprint density at radius 2 is 1.69 bits per heavy atom. The fourth-order valence-electron chi connectivity index (χ4n) is 0.823. The molecule has 0 aromatic heterocycles. The van der Waals surface area contributed by atoms with Gasteiger partial charge in [-0.1, -0.05) is 6.07 Å². The Morgan fingerprint density at radius 3 is 2.23 bits per heavy atom. The van der Waals surface area contributed by atoms with Crippen molar-refractivity contribution in [1.82, 2.24) is 0 Å². The minimum Gasteiger partial charge on any atom is -0.503 e. The van der Waals surface area contributed by atoms with Gasteiger partial charge < -0.3 is 5.11 Å². The Morgan fingerprint density at radius 1 is 1.15 bits per heavy atom. The Hall–Kier alpha value is -2.33. The summed E-state index contributed by atoms with van der Waals surface area (Å²) in [5.74, 6) is -0.677. The van der Waals surface area contributed by atoms with Crippen LogP contribution in [-0.2, 0) is 0 Å². The van der Waals surface area contributed by atoms with Gasteiger partial charge in [-0.2, -0.15) is 10.5 Å². The van der Waals surface area contributed by atoms with Crippen molar-refractivity contribution in [3.8, 4) is 17.9 Å².